The summed E-state index contributed by atoms with van der Waals surface area (Å²) >= 11 is 1.96. The maximum atomic E-state index is 3.63. The van der Waals surface area contributed by atoms with E-state index in [2.05, 4.69) is 13.2 Å². The second-order valence-electron chi connectivity index (χ2n) is 2.38. The molecule has 0 aliphatic carbocycles. The Kier molecular flexibility index (Phi) is 8.45. The van der Waals surface area contributed by atoms with E-state index in [9.17, 15) is 0 Å². The zero-order chi connectivity index (χ0) is 9.94. The molecule has 0 atom stereocenters. The van der Waals surface area contributed by atoms with Crippen LogP contribution in [0.2, 0.25) is 0 Å². The van der Waals surface area contributed by atoms with Crippen LogP contribution >= 0.6 is 0 Å². The van der Waals surface area contributed by atoms with Gasteiger partial charge in [-0.15, -0.1) is 0 Å². The molecule has 0 amide bonds. The van der Waals surface area contributed by atoms with Crippen LogP contribution < -0.4 is 0 Å². The monoisotopic (exact) mass is 164 g/mol. The number of allylic oxidation sites excluding steroid dienone is 2. The van der Waals surface area contributed by atoms with E-state index < -0.39 is 0 Å². The van der Waals surface area contributed by atoms with Crippen molar-refractivity contribution in [2.45, 2.75) is 0 Å². The molecule has 62 valence electrons. The van der Waals surface area contributed by atoms with Crippen molar-refractivity contribution in [2.24, 2.45) is 0 Å². The molecule has 1 aromatic carbocycles. The molecular weight excluding hydrogens is 151 g/mol. The van der Waals surface area contributed by atoms with Gasteiger partial charge in [0.25, 0.3) is 0 Å². The fourth-order valence-corrected chi connectivity index (χ4v) is 0.725. The number of hydrogen-bond donors (Lipinski definition) is 0. The average Bonchev–Trinajstić information content (AvgIpc) is 2.21. The van der Waals surface area contributed by atoms with Gasteiger partial charge >= 0.3 is 41.2 Å². The van der Waals surface area contributed by atoms with Crippen molar-refractivity contribution in [3.63, 3.8) is 0 Å². The second-order valence-corrected chi connectivity index (χ2v) is 2.38. The fraction of sp³-hybridized carbons (Fsp3) is 0. The zero-order valence-electron chi connectivity index (χ0n) is 8.11. The van der Waals surface area contributed by atoms with Crippen molar-refractivity contribution >= 4 is 23.8 Å². The van der Waals surface area contributed by atoms with Gasteiger partial charge in [0.1, 0.15) is 0 Å². The van der Waals surface area contributed by atoms with E-state index in [0.717, 1.165) is 0 Å². The Hall–Kier alpha value is -0.963. The topological polar surface area (TPSA) is 0 Å². The van der Waals surface area contributed by atoms with Crippen molar-refractivity contribution in [3.8, 4) is 0 Å². The summed E-state index contributed by atoms with van der Waals surface area (Å²) in [6, 6.07) is 10.0. The second kappa shape index (κ2) is 9.13. The quantitative estimate of drug-likeness (QED) is 0.465. The molecule has 13 heavy (non-hydrogen) atoms. The summed E-state index contributed by atoms with van der Waals surface area (Å²) in [5.41, 5.74) is 1.17. The molecular formula is C12H13Li. The molecule has 0 aromatic heterocycles. The van der Waals surface area contributed by atoms with Gasteiger partial charge in [-0.05, 0) is 5.56 Å². The molecule has 1 rings (SSSR count). The molecule has 0 aliphatic heterocycles. The third kappa shape index (κ3) is 7.40. The van der Waals surface area contributed by atoms with E-state index in [0.29, 0.717) is 0 Å². The van der Waals surface area contributed by atoms with Crippen LogP contribution in [-0.4, -0.2) is 17.7 Å². The summed E-state index contributed by atoms with van der Waals surface area (Å²) in [5, 5.41) is 0. The van der Waals surface area contributed by atoms with Gasteiger partial charge in [-0.3, -0.25) is 0 Å². The fourth-order valence-electron chi connectivity index (χ4n) is 0.725. The van der Waals surface area contributed by atoms with Crippen molar-refractivity contribution in [3.05, 3.63) is 66.0 Å². The predicted molar refractivity (Wildman–Crippen MR) is 61.6 cm³/mol. The minimum absolute atomic E-state index is 1.17. The molecule has 0 bridgehead atoms. The van der Waals surface area contributed by atoms with Gasteiger partial charge in [0.15, 0.2) is 0 Å². The normalized spacial score (nSPS) is 8.77. The SMILES string of the molecule is C=Cc1ccccc1.[Li][CH]=CC=C. The van der Waals surface area contributed by atoms with Crippen molar-refractivity contribution < 1.29 is 0 Å². The molecule has 0 saturated carbocycles. The molecule has 0 fully saturated rings. The van der Waals surface area contributed by atoms with Crippen LogP contribution in [0.25, 0.3) is 6.08 Å². The summed E-state index contributed by atoms with van der Waals surface area (Å²) < 4.78 is 1.94. The van der Waals surface area contributed by atoms with E-state index in [1.807, 2.05) is 64.9 Å². The van der Waals surface area contributed by atoms with Gasteiger partial charge in [0, 0.05) is 0 Å². The molecule has 0 saturated heterocycles. The van der Waals surface area contributed by atoms with E-state index in [4.69, 9.17) is 0 Å². The molecule has 0 aliphatic rings. The van der Waals surface area contributed by atoms with Crippen LogP contribution in [-0.2, 0) is 0 Å². The van der Waals surface area contributed by atoms with Crippen LogP contribution in [0.4, 0.5) is 0 Å². The maximum absolute atomic E-state index is 3.63. The third-order valence-corrected chi connectivity index (χ3v) is 1.36. The molecule has 0 heterocycles. The van der Waals surface area contributed by atoms with Crippen LogP contribution in [0.15, 0.2) is 60.4 Å². The third-order valence-electron chi connectivity index (χ3n) is 1.36. The van der Waals surface area contributed by atoms with Gasteiger partial charge in [0.2, 0.25) is 0 Å². The predicted octanol–water partition coefficient (Wildman–Crippen LogP) is 3.18. The van der Waals surface area contributed by atoms with E-state index in [1.165, 1.54) is 5.56 Å². The molecule has 0 radical (unpaired) electrons. The Morgan fingerprint density at radius 2 is 1.69 bits per heavy atom. The first kappa shape index (κ1) is 12.0. The van der Waals surface area contributed by atoms with Crippen LogP contribution in [0, 0.1) is 0 Å². The Bertz CT molecular complexity index is 260. The molecule has 0 N–H and O–H groups in total. The van der Waals surface area contributed by atoms with Crippen LogP contribution in [0.5, 0.6) is 0 Å². The Morgan fingerprint density at radius 1 is 1.08 bits per heavy atom. The van der Waals surface area contributed by atoms with E-state index >= 15 is 0 Å². The number of benzene rings is 1. The molecule has 1 aromatic rings. The minimum atomic E-state index is 1.17. The summed E-state index contributed by atoms with van der Waals surface area (Å²) in [5.74, 6) is 0. The van der Waals surface area contributed by atoms with Gasteiger partial charge in [-0.1, -0.05) is 43.0 Å². The van der Waals surface area contributed by atoms with Crippen molar-refractivity contribution in [1.82, 2.24) is 0 Å². The van der Waals surface area contributed by atoms with Gasteiger partial charge < -0.3 is 0 Å². The molecule has 0 spiro atoms. The zero-order valence-corrected chi connectivity index (χ0v) is 8.11. The Morgan fingerprint density at radius 3 is 1.92 bits per heavy atom. The summed E-state index contributed by atoms with van der Waals surface area (Å²) in [4.78, 5) is 0. The van der Waals surface area contributed by atoms with Crippen molar-refractivity contribution in [1.29, 1.82) is 0 Å². The average molecular weight is 164 g/mol. The van der Waals surface area contributed by atoms with Crippen LogP contribution in [0.1, 0.15) is 5.56 Å². The van der Waals surface area contributed by atoms with Crippen molar-refractivity contribution in [2.75, 3.05) is 0 Å². The summed E-state index contributed by atoms with van der Waals surface area (Å²) in [6.07, 6.45) is 5.47. The number of hydrogen-bond acceptors (Lipinski definition) is 0. The molecule has 0 unspecified atom stereocenters. The summed E-state index contributed by atoms with van der Waals surface area (Å²) in [7, 11) is 0. The van der Waals surface area contributed by atoms with Gasteiger partial charge in [0.05, 0.1) is 0 Å². The number of rotatable bonds is 2. The summed E-state index contributed by atoms with van der Waals surface area (Å²) in [6.45, 7) is 7.09. The van der Waals surface area contributed by atoms with Gasteiger partial charge in [-0.25, -0.2) is 0 Å². The first-order valence-corrected chi connectivity index (χ1v) is 4.26. The Balaban J connectivity index is 0.000000252. The van der Waals surface area contributed by atoms with Gasteiger partial charge in [-0.2, -0.15) is 0 Å². The Labute approximate surface area is 89.9 Å². The molecule has 0 nitrogen and oxygen atoms in total. The van der Waals surface area contributed by atoms with Crippen LogP contribution in [0.3, 0.4) is 0 Å². The van der Waals surface area contributed by atoms with E-state index in [-0.39, 0.29) is 0 Å². The van der Waals surface area contributed by atoms with E-state index in [1.54, 1.807) is 6.08 Å². The molecule has 1 heteroatoms. The first-order valence-electron chi connectivity index (χ1n) is 4.26. The first-order chi connectivity index (χ1) is 6.35. The standard InChI is InChI=1S/C8H8.C4H5.Li/c1-2-8-6-4-3-5-7-8;1-3-4-2;/h2-7H,1H2;1,3-4H,2H2;.